The Labute approximate surface area is 165 Å². The third-order valence-electron chi connectivity index (χ3n) is 5.26. The number of halogens is 1. The minimum absolute atomic E-state index is 0.269. The first-order valence-electron chi connectivity index (χ1n) is 9.07. The molecule has 0 amide bonds. The lowest BCUT2D eigenvalue weighted by Gasteiger charge is -2.27. The number of aryl methyl sites for hydroxylation is 2. The summed E-state index contributed by atoms with van der Waals surface area (Å²) in [5.41, 5.74) is 1.73. The van der Waals surface area contributed by atoms with Gasteiger partial charge in [-0.3, -0.25) is 18.8 Å². The first kappa shape index (κ1) is 18.2. The lowest BCUT2D eigenvalue weighted by Crippen LogP contribution is -2.39. The second-order valence-electron chi connectivity index (χ2n) is 7.07. The van der Waals surface area contributed by atoms with Crippen molar-refractivity contribution >= 4 is 27.1 Å². The van der Waals surface area contributed by atoms with Crippen LogP contribution in [0.25, 0.3) is 11.2 Å². The van der Waals surface area contributed by atoms with Gasteiger partial charge in [-0.2, -0.15) is 0 Å². The minimum Gasteiger partial charge on any atom is -0.320 e. The van der Waals surface area contributed by atoms with Crippen molar-refractivity contribution in [3.63, 3.8) is 0 Å². The van der Waals surface area contributed by atoms with Crippen molar-refractivity contribution in [3.05, 3.63) is 61.0 Å². The number of benzene rings is 1. The van der Waals surface area contributed by atoms with Crippen LogP contribution in [0.5, 0.6) is 0 Å². The van der Waals surface area contributed by atoms with E-state index >= 15 is 0 Å². The molecule has 3 heterocycles. The van der Waals surface area contributed by atoms with E-state index in [0.717, 1.165) is 47.3 Å². The Morgan fingerprint density at radius 2 is 1.96 bits per heavy atom. The van der Waals surface area contributed by atoms with E-state index in [1.165, 1.54) is 17.2 Å². The Morgan fingerprint density at radius 3 is 2.74 bits per heavy atom. The van der Waals surface area contributed by atoms with Crippen LogP contribution in [0.1, 0.15) is 17.8 Å². The van der Waals surface area contributed by atoms with E-state index in [2.05, 4.69) is 44.0 Å². The van der Waals surface area contributed by atoms with Crippen LogP contribution in [0, 0.1) is 0 Å². The molecule has 0 unspecified atom stereocenters. The summed E-state index contributed by atoms with van der Waals surface area (Å²) in [6.45, 7) is 3.27. The number of fused-ring (bicyclic) bond motifs is 3. The normalized spacial score (nSPS) is 14.6. The zero-order valence-corrected chi connectivity index (χ0v) is 17.1. The molecule has 0 saturated heterocycles. The van der Waals surface area contributed by atoms with Gasteiger partial charge in [0.1, 0.15) is 5.82 Å². The van der Waals surface area contributed by atoms with Gasteiger partial charge in [-0.05, 0) is 37.1 Å². The number of rotatable bonds is 4. The number of hydrogen-bond acceptors (Lipinski definition) is 4. The molecular formula is C19H22BrN5O2. The summed E-state index contributed by atoms with van der Waals surface area (Å²) in [5.74, 6) is 0.858. The number of aromatic nitrogens is 4. The third kappa shape index (κ3) is 3.27. The van der Waals surface area contributed by atoms with Crippen molar-refractivity contribution in [2.45, 2.75) is 25.9 Å². The molecule has 27 heavy (non-hydrogen) atoms. The number of nitrogens with zero attached hydrogens (tertiary/aromatic N) is 5. The van der Waals surface area contributed by atoms with E-state index in [0.29, 0.717) is 17.7 Å². The Morgan fingerprint density at radius 1 is 1.15 bits per heavy atom. The summed E-state index contributed by atoms with van der Waals surface area (Å²) in [5, 5.41) is 0. The van der Waals surface area contributed by atoms with Crippen molar-refractivity contribution in [1.29, 1.82) is 0 Å². The molecule has 0 atom stereocenters. The summed E-state index contributed by atoms with van der Waals surface area (Å²) in [6.07, 6.45) is 2.10. The Hall–Kier alpha value is -2.19. The highest BCUT2D eigenvalue weighted by molar-refractivity contribution is 9.10. The van der Waals surface area contributed by atoms with Gasteiger partial charge >= 0.3 is 5.69 Å². The lowest BCUT2D eigenvalue weighted by atomic mass is 10.1. The fraction of sp³-hybridized carbons (Fsp3) is 0.421. The molecule has 0 spiro atoms. The summed E-state index contributed by atoms with van der Waals surface area (Å²) in [4.78, 5) is 31.7. The SMILES string of the molecule is Cn1c(=O)c2c(nc3n2CCN(CCCc2cccc(Br)c2)C3)n(C)c1=O. The van der Waals surface area contributed by atoms with Crippen molar-refractivity contribution in [2.24, 2.45) is 14.1 Å². The van der Waals surface area contributed by atoms with Crippen LogP contribution in [0.15, 0.2) is 38.3 Å². The van der Waals surface area contributed by atoms with Crippen LogP contribution in [-0.4, -0.2) is 36.7 Å². The molecule has 3 aromatic rings. The van der Waals surface area contributed by atoms with Gasteiger partial charge in [-0.1, -0.05) is 28.1 Å². The molecule has 7 nitrogen and oxygen atoms in total. The van der Waals surface area contributed by atoms with E-state index < -0.39 is 0 Å². The van der Waals surface area contributed by atoms with E-state index in [-0.39, 0.29) is 11.2 Å². The van der Waals surface area contributed by atoms with E-state index in [1.807, 2.05) is 10.6 Å². The van der Waals surface area contributed by atoms with Crippen LogP contribution >= 0.6 is 15.9 Å². The third-order valence-corrected chi connectivity index (χ3v) is 5.75. The highest BCUT2D eigenvalue weighted by Gasteiger charge is 2.23. The van der Waals surface area contributed by atoms with Gasteiger partial charge in [-0.25, -0.2) is 9.78 Å². The smallest absolute Gasteiger partial charge is 0.320 e. The highest BCUT2D eigenvalue weighted by Crippen LogP contribution is 2.18. The molecule has 1 aliphatic heterocycles. The average Bonchev–Trinajstić information content (AvgIpc) is 3.04. The summed E-state index contributed by atoms with van der Waals surface area (Å²) >= 11 is 3.51. The molecule has 0 radical (unpaired) electrons. The van der Waals surface area contributed by atoms with E-state index in [9.17, 15) is 9.59 Å². The standard InChI is InChI=1S/C19H22BrN5O2/c1-22-17-16(18(26)23(2)19(22)27)25-10-9-24(12-15(25)21-17)8-4-6-13-5-3-7-14(20)11-13/h3,5,7,11H,4,6,8-10,12H2,1-2H3. The first-order valence-corrected chi connectivity index (χ1v) is 9.87. The van der Waals surface area contributed by atoms with Gasteiger partial charge in [0.05, 0.1) is 6.54 Å². The maximum absolute atomic E-state index is 12.5. The molecule has 1 aliphatic rings. The fourth-order valence-corrected chi connectivity index (χ4v) is 4.21. The van der Waals surface area contributed by atoms with Crippen LogP contribution in [0.3, 0.4) is 0 Å². The van der Waals surface area contributed by atoms with Gasteiger partial charge in [0, 0.05) is 31.7 Å². The topological polar surface area (TPSA) is 65.1 Å². The van der Waals surface area contributed by atoms with E-state index in [1.54, 1.807) is 7.05 Å². The minimum atomic E-state index is -0.339. The molecule has 0 aliphatic carbocycles. The average molecular weight is 432 g/mol. The molecule has 8 heteroatoms. The predicted octanol–water partition coefficient (Wildman–Crippen LogP) is 1.64. The van der Waals surface area contributed by atoms with Crippen molar-refractivity contribution in [2.75, 3.05) is 13.1 Å². The summed E-state index contributed by atoms with van der Waals surface area (Å²) in [7, 11) is 3.18. The summed E-state index contributed by atoms with van der Waals surface area (Å²) in [6, 6.07) is 8.41. The van der Waals surface area contributed by atoms with Gasteiger partial charge in [-0.15, -0.1) is 0 Å². The van der Waals surface area contributed by atoms with Gasteiger partial charge in [0.2, 0.25) is 0 Å². The van der Waals surface area contributed by atoms with Crippen LogP contribution in [0.2, 0.25) is 0 Å². The van der Waals surface area contributed by atoms with Gasteiger partial charge in [0.25, 0.3) is 5.56 Å². The number of hydrogen-bond donors (Lipinski definition) is 0. The Kier molecular flexibility index (Phi) is 4.77. The largest absolute Gasteiger partial charge is 0.332 e. The first-order chi connectivity index (χ1) is 13.0. The molecule has 2 aromatic heterocycles. The second-order valence-corrected chi connectivity index (χ2v) is 7.98. The van der Waals surface area contributed by atoms with Gasteiger partial charge in [0.15, 0.2) is 11.2 Å². The van der Waals surface area contributed by atoms with Crippen molar-refractivity contribution < 1.29 is 0 Å². The molecule has 0 N–H and O–H groups in total. The highest BCUT2D eigenvalue weighted by atomic mass is 79.9. The molecule has 4 rings (SSSR count). The van der Waals surface area contributed by atoms with Crippen molar-refractivity contribution in [3.8, 4) is 0 Å². The molecule has 0 bridgehead atoms. The fourth-order valence-electron chi connectivity index (χ4n) is 3.76. The maximum atomic E-state index is 12.5. The van der Waals surface area contributed by atoms with Crippen molar-refractivity contribution in [1.82, 2.24) is 23.6 Å². The van der Waals surface area contributed by atoms with Crippen LogP contribution in [-0.2, 0) is 33.6 Å². The van der Waals surface area contributed by atoms with Crippen LogP contribution < -0.4 is 11.2 Å². The molecule has 0 saturated carbocycles. The summed E-state index contributed by atoms with van der Waals surface area (Å²) < 4.78 is 5.70. The molecular weight excluding hydrogens is 410 g/mol. The zero-order chi connectivity index (χ0) is 19.1. The Balaban J connectivity index is 1.52. The number of imidazole rings is 1. The van der Waals surface area contributed by atoms with Gasteiger partial charge < -0.3 is 4.57 Å². The molecule has 1 aromatic carbocycles. The molecule has 142 valence electrons. The Bertz CT molecular complexity index is 1130. The van der Waals surface area contributed by atoms with E-state index in [4.69, 9.17) is 0 Å². The molecule has 0 fully saturated rings. The second kappa shape index (κ2) is 7.09. The quantitative estimate of drug-likeness (QED) is 0.629. The zero-order valence-electron chi connectivity index (χ0n) is 15.5. The maximum Gasteiger partial charge on any atom is 0.332 e. The monoisotopic (exact) mass is 431 g/mol. The lowest BCUT2D eigenvalue weighted by molar-refractivity contribution is 0.217. The predicted molar refractivity (Wildman–Crippen MR) is 108 cm³/mol. The van der Waals surface area contributed by atoms with Crippen LogP contribution in [0.4, 0.5) is 0 Å².